The molecule has 162 valence electrons. The molecule has 2 aromatic rings. The van der Waals surface area contributed by atoms with E-state index in [0.717, 1.165) is 19.3 Å². The van der Waals surface area contributed by atoms with Crippen LogP contribution in [-0.2, 0) is 27.8 Å². The number of carboxylic acids is 1. The number of carbonyl (C=O) groups is 2. The Bertz CT molecular complexity index is 911. The maximum atomic E-state index is 12.0. The topological polar surface area (TPSA) is 116 Å². The lowest BCUT2D eigenvalue weighted by molar-refractivity contribution is -0.144. The Kier molecular flexibility index (Phi) is 7.02. The second-order valence-electron chi connectivity index (χ2n) is 7.63. The molecule has 2 heterocycles. The number of hydrogen-bond acceptors (Lipinski definition) is 7. The molecule has 0 aliphatic heterocycles. The Hall–Kier alpha value is -2.97. The first kappa shape index (κ1) is 21.7. The molecule has 2 atom stereocenters. The van der Waals surface area contributed by atoms with Crippen LogP contribution in [0.15, 0.2) is 12.1 Å². The van der Waals surface area contributed by atoms with Gasteiger partial charge in [0.15, 0.2) is 0 Å². The Labute approximate surface area is 175 Å². The standard InChI is InChI=1S/C21H28N4O5/c1-4-10-29-19(26)12-17-20(23-24-25(17)3)16-8-9-18(13(2)22-16)30-15-7-5-6-14(11-15)21(27)28/h8-9,14-15H,4-7,10-12H2,1-3H3,(H,27,28)/t14-,15-/m0/s1. The number of carboxylic acid groups (broad SMARTS) is 1. The van der Waals surface area contributed by atoms with E-state index in [0.29, 0.717) is 48.0 Å². The van der Waals surface area contributed by atoms with Gasteiger partial charge in [-0.15, -0.1) is 5.10 Å². The van der Waals surface area contributed by atoms with Crippen molar-refractivity contribution in [1.82, 2.24) is 20.0 Å². The fourth-order valence-electron chi connectivity index (χ4n) is 3.64. The van der Waals surface area contributed by atoms with Crippen LogP contribution in [0.4, 0.5) is 0 Å². The van der Waals surface area contributed by atoms with Crippen LogP contribution < -0.4 is 4.74 Å². The summed E-state index contributed by atoms with van der Waals surface area (Å²) in [6.07, 6.45) is 3.57. The second kappa shape index (κ2) is 9.69. The average Bonchev–Trinajstić information content (AvgIpc) is 3.08. The summed E-state index contributed by atoms with van der Waals surface area (Å²) in [5.74, 6) is -0.819. The molecule has 1 N–H and O–H groups in total. The van der Waals surface area contributed by atoms with Crippen LogP contribution in [-0.4, -0.2) is 49.7 Å². The quantitative estimate of drug-likeness (QED) is 0.653. The molecule has 1 aliphatic carbocycles. The molecular weight excluding hydrogens is 388 g/mol. The van der Waals surface area contributed by atoms with Gasteiger partial charge in [-0.2, -0.15) is 0 Å². The number of ether oxygens (including phenoxy) is 2. The van der Waals surface area contributed by atoms with Gasteiger partial charge in [-0.3, -0.25) is 14.3 Å². The summed E-state index contributed by atoms with van der Waals surface area (Å²) in [5.41, 5.74) is 2.44. The monoisotopic (exact) mass is 416 g/mol. The second-order valence-corrected chi connectivity index (χ2v) is 7.63. The van der Waals surface area contributed by atoms with Gasteiger partial charge in [-0.05, 0) is 51.2 Å². The van der Waals surface area contributed by atoms with Gasteiger partial charge in [0.05, 0.1) is 42.1 Å². The van der Waals surface area contributed by atoms with Gasteiger partial charge in [0, 0.05) is 7.05 Å². The van der Waals surface area contributed by atoms with E-state index in [2.05, 4.69) is 15.3 Å². The fourth-order valence-corrected chi connectivity index (χ4v) is 3.64. The van der Waals surface area contributed by atoms with Crippen LogP contribution in [0.3, 0.4) is 0 Å². The summed E-state index contributed by atoms with van der Waals surface area (Å²) in [6.45, 7) is 4.16. The first-order chi connectivity index (χ1) is 14.4. The summed E-state index contributed by atoms with van der Waals surface area (Å²) < 4.78 is 12.8. The van der Waals surface area contributed by atoms with Gasteiger partial charge >= 0.3 is 11.9 Å². The van der Waals surface area contributed by atoms with Crippen molar-refractivity contribution in [3.8, 4) is 17.1 Å². The minimum absolute atomic E-state index is 0.0659. The molecule has 0 bridgehead atoms. The number of aliphatic carboxylic acids is 1. The van der Waals surface area contributed by atoms with Crippen LogP contribution in [0.5, 0.6) is 5.75 Å². The highest BCUT2D eigenvalue weighted by molar-refractivity contribution is 5.75. The molecular formula is C21H28N4O5. The van der Waals surface area contributed by atoms with Crippen LogP contribution in [0.1, 0.15) is 50.4 Å². The van der Waals surface area contributed by atoms with E-state index in [-0.39, 0.29) is 24.4 Å². The Morgan fingerprint density at radius 3 is 2.80 bits per heavy atom. The first-order valence-corrected chi connectivity index (χ1v) is 10.3. The zero-order chi connectivity index (χ0) is 21.7. The van der Waals surface area contributed by atoms with E-state index < -0.39 is 5.97 Å². The molecule has 1 fully saturated rings. The normalized spacial score (nSPS) is 18.8. The molecule has 0 aromatic carbocycles. The predicted octanol–water partition coefficient (Wildman–Crippen LogP) is 2.70. The van der Waals surface area contributed by atoms with Crippen molar-refractivity contribution >= 4 is 11.9 Å². The smallest absolute Gasteiger partial charge is 0.311 e. The van der Waals surface area contributed by atoms with Crippen molar-refractivity contribution in [3.05, 3.63) is 23.5 Å². The summed E-state index contributed by atoms with van der Waals surface area (Å²) in [7, 11) is 1.73. The SMILES string of the molecule is CCCOC(=O)Cc1c(-c2ccc(O[C@H]3CCC[C@H](C(=O)O)C3)c(C)n2)nnn1C. The van der Waals surface area contributed by atoms with Crippen LogP contribution in [0.2, 0.25) is 0 Å². The van der Waals surface area contributed by atoms with Crippen LogP contribution in [0.25, 0.3) is 11.4 Å². The first-order valence-electron chi connectivity index (χ1n) is 10.3. The van der Waals surface area contributed by atoms with E-state index in [4.69, 9.17) is 9.47 Å². The molecule has 1 aliphatic rings. The van der Waals surface area contributed by atoms with Gasteiger partial charge in [-0.25, -0.2) is 4.98 Å². The maximum Gasteiger partial charge on any atom is 0.311 e. The number of esters is 1. The summed E-state index contributed by atoms with van der Waals surface area (Å²) in [5, 5.41) is 17.5. The van der Waals surface area contributed by atoms with E-state index in [1.54, 1.807) is 17.8 Å². The molecule has 0 saturated heterocycles. The fraction of sp³-hybridized carbons (Fsp3) is 0.571. The lowest BCUT2D eigenvalue weighted by Crippen LogP contribution is -2.29. The van der Waals surface area contributed by atoms with Crippen molar-refractivity contribution in [2.45, 2.75) is 58.5 Å². The molecule has 3 rings (SSSR count). The zero-order valence-corrected chi connectivity index (χ0v) is 17.6. The molecule has 0 radical (unpaired) electrons. The highest BCUT2D eigenvalue weighted by atomic mass is 16.5. The number of rotatable bonds is 8. The number of aryl methyl sites for hydroxylation is 2. The largest absolute Gasteiger partial charge is 0.489 e. The molecule has 1 saturated carbocycles. The lowest BCUT2D eigenvalue weighted by Gasteiger charge is -2.27. The van der Waals surface area contributed by atoms with Crippen LogP contribution >= 0.6 is 0 Å². The summed E-state index contributed by atoms with van der Waals surface area (Å²) >= 11 is 0. The van der Waals surface area contributed by atoms with Crippen molar-refractivity contribution < 1.29 is 24.2 Å². The summed E-state index contributed by atoms with van der Waals surface area (Å²) in [4.78, 5) is 27.9. The number of aromatic nitrogens is 4. The molecule has 0 spiro atoms. The molecule has 9 nitrogen and oxygen atoms in total. The van der Waals surface area contributed by atoms with Crippen molar-refractivity contribution in [2.24, 2.45) is 13.0 Å². The number of hydrogen-bond donors (Lipinski definition) is 1. The van der Waals surface area contributed by atoms with Gasteiger partial charge in [0.1, 0.15) is 11.4 Å². The third-order valence-electron chi connectivity index (χ3n) is 5.27. The predicted molar refractivity (Wildman–Crippen MR) is 108 cm³/mol. The van der Waals surface area contributed by atoms with Crippen molar-refractivity contribution in [2.75, 3.05) is 6.61 Å². The van der Waals surface area contributed by atoms with Gasteiger partial charge < -0.3 is 14.6 Å². The van der Waals surface area contributed by atoms with Gasteiger partial charge in [-0.1, -0.05) is 12.1 Å². The zero-order valence-electron chi connectivity index (χ0n) is 17.6. The highest BCUT2D eigenvalue weighted by Crippen LogP contribution is 2.30. The van der Waals surface area contributed by atoms with E-state index in [1.807, 2.05) is 19.9 Å². The molecule has 2 aromatic heterocycles. The number of pyridine rings is 1. The number of carbonyl (C=O) groups excluding carboxylic acids is 1. The minimum Gasteiger partial charge on any atom is -0.489 e. The maximum absolute atomic E-state index is 12.0. The molecule has 0 unspecified atom stereocenters. The van der Waals surface area contributed by atoms with Crippen LogP contribution in [0, 0.1) is 12.8 Å². The Morgan fingerprint density at radius 1 is 1.30 bits per heavy atom. The molecule has 30 heavy (non-hydrogen) atoms. The minimum atomic E-state index is -0.763. The van der Waals surface area contributed by atoms with Crippen molar-refractivity contribution in [1.29, 1.82) is 0 Å². The highest BCUT2D eigenvalue weighted by Gasteiger charge is 2.28. The van der Waals surface area contributed by atoms with E-state index in [1.165, 1.54) is 0 Å². The van der Waals surface area contributed by atoms with E-state index >= 15 is 0 Å². The molecule has 9 heteroatoms. The van der Waals surface area contributed by atoms with E-state index in [9.17, 15) is 14.7 Å². The third-order valence-corrected chi connectivity index (χ3v) is 5.27. The Morgan fingerprint density at radius 2 is 2.10 bits per heavy atom. The summed E-state index contributed by atoms with van der Waals surface area (Å²) in [6, 6.07) is 3.60. The molecule has 0 amide bonds. The average molecular weight is 416 g/mol. The van der Waals surface area contributed by atoms with Gasteiger partial charge in [0.25, 0.3) is 0 Å². The Balaban J connectivity index is 1.74. The van der Waals surface area contributed by atoms with Gasteiger partial charge in [0.2, 0.25) is 0 Å². The third kappa shape index (κ3) is 5.14. The number of nitrogens with zero attached hydrogens (tertiary/aromatic N) is 4. The lowest BCUT2D eigenvalue weighted by atomic mass is 9.87. The van der Waals surface area contributed by atoms with Crippen molar-refractivity contribution in [3.63, 3.8) is 0 Å².